The van der Waals surface area contributed by atoms with Crippen molar-refractivity contribution in [1.29, 1.82) is 0 Å². The van der Waals surface area contributed by atoms with Gasteiger partial charge in [0.25, 0.3) is 0 Å². The fraction of sp³-hybridized carbons (Fsp3) is 0.400. The first-order valence-corrected chi connectivity index (χ1v) is 4.43. The van der Waals surface area contributed by atoms with Gasteiger partial charge in [0.05, 0.1) is 12.3 Å². The third kappa shape index (κ3) is 2.77. The van der Waals surface area contributed by atoms with Crippen molar-refractivity contribution in [3.8, 4) is 5.75 Å². The van der Waals surface area contributed by atoms with Crippen molar-refractivity contribution in [3.63, 3.8) is 0 Å². The van der Waals surface area contributed by atoms with E-state index in [1.54, 1.807) is 0 Å². The summed E-state index contributed by atoms with van der Waals surface area (Å²) >= 11 is 0. The standard InChI is InChI=1S/C10H12FNO.ClH/c11-8-3-4-9(12)10(5-8)13-6-7-1-2-7;/h3-5,7H,1-2,6,12H2;1H. The highest BCUT2D eigenvalue weighted by molar-refractivity contribution is 5.85. The highest BCUT2D eigenvalue weighted by Gasteiger charge is 2.22. The average molecular weight is 218 g/mol. The van der Waals surface area contributed by atoms with E-state index in [1.807, 2.05) is 0 Å². The lowest BCUT2D eigenvalue weighted by molar-refractivity contribution is 0.300. The summed E-state index contributed by atoms with van der Waals surface area (Å²) < 4.78 is 18.1. The van der Waals surface area contributed by atoms with E-state index in [2.05, 4.69) is 0 Å². The van der Waals surface area contributed by atoms with Crippen molar-refractivity contribution >= 4 is 18.1 Å². The first kappa shape index (κ1) is 11.1. The molecule has 0 aromatic heterocycles. The van der Waals surface area contributed by atoms with E-state index in [9.17, 15) is 4.39 Å². The van der Waals surface area contributed by atoms with Crippen LogP contribution in [0.3, 0.4) is 0 Å². The normalized spacial score (nSPS) is 14.6. The van der Waals surface area contributed by atoms with Crippen LogP contribution in [0.25, 0.3) is 0 Å². The SMILES string of the molecule is Cl.Nc1ccc(F)cc1OCC1CC1. The summed E-state index contributed by atoms with van der Waals surface area (Å²) in [5, 5.41) is 0. The molecular formula is C10H13ClFNO. The molecule has 78 valence electrons. The van der Waals surface area contributed by atoms with Gasteiger partial charge in [-0.25, -0.2) is 4.39 Å². The van der Waals surface area contributed by atoms with Crippen LogP contribution in [-0.4, -0.2) is 6.61 Å². The molecule has 2 rings (SSSR count). The summed E-state index contributed by atoms with van der Waals surface area (Å²) in [6.45, 7) is 0.660. The average Bonchev–Trinajstić information content (AvgIpc) is 2.90. The highest BCUT2D eigenvalue weighted by atomic mass is 35.5. The Bertz CT molecular complexity index is 315. The molecule has 0 amide bonds. The summed E-state index contributed by atoms with van der Waals surface area (Å²) in [6, 6.07) is 4.19. The molecule has 0 unspecified atom stereocenters. The number of rotatable bonds is 3. The second-order valence-electron chi connectivity index (χ2n) is 3.44. The molecule has 1 saturated carbocycles. The van der Waals surface area contributed by atoms with Crippen LogP contribution in [0.5, 0.6) is 5.75 Å². The molecule has 0 radical (unpaired) electrons. The minimum Gasteiger partial charge on any atom is -0.491 e. The molecule has 1 aliphatic carbocycles. The molecule has 1 aromatic carbocycles. The number of benzene rings is 1. The number of nitrogens with two attached hydrogens (primary N) is 1. The zero-order chi connectivity index (χ0) is 9.26. The summed E-state index contributed by atoms with van der Waals surface area (Å²) in [5.41, 5.74) is 6.11. The van der Waals surface area contributed by atoms with E-state index in [0.717, 1.165) is 0 Å². The van der Waals surface area contributed by atoms with Crippen molar-refractivity contribution in [2.75, 3.05) is 12.3 Å². The lowest BCUT2D eigenvalue weighted by Gasteiger charge is -2.07. The Labute approximate surface area is 88.7 Å². The number of hydrogen-bond donors (Lipinski definition) is 1. The molecule has 0 bridgehead atoms. The minimum absolute atomic E-state index is 0. The van der Waals surface area contributed by atoms with E-state index >= 15 is 0 Å². The van der Waals surface area contributed by atoms with Gasteiger partial charge in [-0.3, -0.25) is 0 Å². The maximum absolute atomic E-state index is 12.8. The van der Waals surface area contributed by atoms with Gasteiger partial charge in [0.1, 0.15) is 11.6 Å². The Balaban J connectivity index is 0.000000980. The quantitative estimate of drug-likeness (QED) is 0.790. The molecule has 1 fully saturated rings. The van der Waals surface area contributed by atoms with Crippen molar-refractivity contribution in [1.82, 2.24) is 0 Å². The number of hydrogen-bond acceptors (Lipinski definition) is 2. The molecule has 0 saturated heterocycles. The molecule has 2 nitrogen and oxygen atoms in total. The van der Waals surface area contributed by atoms with Crippen molar-refractivity contribution < 1.29 is 9.13 Å². The zero-order valence-electron chi connectivity index (χ0n) is 7.70. The molecule has 14 heavy (non-hydrogen) atoms. The third-order valence-electron chi connectivity index (χ3n) is 2.15. The molecule has 1 aromatic rings. The molecule has 0 aliphatic heterocycles. The Morgan fingerprint density at radius 3 is 2.79 bits per heavy atom. The molecule has 4 heteroatoms. The predicted molar refractivity (Wildman–Crippen MR) is 56.3 cm³/mol. The molecule has 2 N–H and O–H groups in total. The predicted octanol–water partition coefficient (Wildman–Crippen LogP) is 2.62. The van der Waals surface area contributed by atoms with Gasteiger partial charge in [-0.05, 0) is 30.9 Å². The van der Waals surface area contributed by atoms with Gasteiger partial charge in [0, 0.05) is 6.07 Å². The molecular weight excluding hydrogens is 205 g/mol. The Morgan fingerprint density at radius 2 is 2.14 bits per heavy atom. The Morgan fingerprint density at radius 1 is 1.43 bits per heavy atom. The van der Waals surface area contributed by atoms with E-state index in [4.69, 9.17) is 10.5 Å². The first-order valence-electron chi connectivity index (χ1n) is 4.43. The van der Waals surface area contributed by atoms with Crippen LogP contribution >= 0.6 is 12.4 Å². The van der Waals surface area contributed by atoms with Crippen LogP contribution in [-0.2, 0) is 0 Å². The first-order chi connectivity index (χ1) is 6.25. The lowest BCUT2D eigenvalue weighted by Crippen LogP contribution is -2.01. The van der Waals surface area contributed by atoms with Crippen LogP contribution in [0, 0.1) is 11.7 Å². The molecule has 1 aliphatic rings. The smallest absolute Gasteiger partial charge is 0.145 e. The van der Waals surface area contributed by atoms with E-state index in [-0.39, 0.29) is 18.2 Å². The van der Waals surface area contributed by atoms with E-state index in [0.29, 0.717) is 24.0 Å². The monoisotopic (exact) mass is 217 g/mol. The fourth-order valence-corrected chi connectivity index (χ4v) is 1.13. The number of nitrogen functional groups attached to an aromatic ring is 1. The van der Waals surface area contributed by atoms with Crippen LogP contribution in [0.1, 0.15) is 12.8 Å². The summed E-state index contributed by atoms with van der Waals surface area (Å²) in [7, 11) is 0. The van der Waals surface area contributed by atoms with Gasteiger partial charge >= 0.3 is 0 Å². The summed E-state index contributed by atoms with van der Waals surface area (Å²) in [4.78, 5) is 0. The Hall–Kier alpha value is -0.960. The topological polar surface area (TPSA) is 35.2 Å². The highest BCUT2D eigenvalue weighted by Crippen LogP contribution is 2.31. The van der Waals surface area contributed by atoms with Gasteiger partial charge in [-0.2, -0.15) is 0 Å². The largest absolute Gasteiger partial charge is 0.491 e. The number of halogens is 2. The maximum Gasteiger partial charge on any atom is 0.145 e. The van der Waals surface area contributed by atoms with E-state index in [1.165, 1.54) is 31.0 Å². The van der Waals surface area contributed by atoms with Crippen LogP contribution in [0.4, 0.5) is 10.1 Å². The Kier molecular flexibility index (Phi) is 3.58. The lowest BCUT2D eigenvalue weighted by atomic mass is 10.3. The molecule has 0 atom stereocenters. The second kappa shape index (κ2) is 4.51. The third-order valence-corrected chi connectivity index (χ3v) is 2.15. The maximum atomic E-state index is 12.8. The van der Waals surface area contributed by atoms with Crippen molar-refractivity contribution in [3.05, 3.63) is 24.0 Å². The van der Waals surface area contributed by atoms with E-state index < -0.39 is 0 Å². The summed E-state index contributed by atoms with van der Waals surface area (Å²) in [5.74, 6) is 0.814. The zero-order valence-corrected chi connectivity index (χ0v) is 8.52. The minimum atomic E-state index is -0.306. The molecule has 0 spiro atoms. The van der Waals surface area contributed by atoms with Gasteiger partial charge in [0.2, 0.25) is 0 Å². The van der Waals surface area contributed by atoms with Crippen molar-refractivity contribution in [2.24, 2.45) is 5.92 Å². The number of anilines is 1. The van der Waals surface area contributed by atoms with Crippen LogP contribution in [0.2, 0.25) is 0 Å². The van der Waals surface area contributed by atoms with Gasteiger partial charge in [-0.1, -0.05) is 0 Å². The van der Waals surface area contributed by atoms with Crippen LogP contribution < -0.4 is 10.5 Å². The fourth-order valence-electron chi connectivity index (χ4n) is 1.13. The number of ether oxygens (including phenoxy) is 1. The van der Waals surface area contributed by atoms with Crippen LogP contribution in [0.15, 0.2) is 18.2 Å². The van der Waals surface area contributed by atoms with Gasteiger partial charge in [-0.15, -0.1) is 12.4 Å². The van der Waals surface area contributed by atoms with Gasteiger partial charge in [0.15, 0.2) is 0 Å². The molecule has 0 heterocycles. The van der Waals surface area contributed by atoms with Crippen molar-refractivity contribution in [2.45, 2.75) is 12.8 Å². The van der Waals surface area contributed by atoms with Gasteiger partial charge < -0.3 is 10.5 Å². The summed E-state index contributed by atoms with van der Waals surface area (Å²) in [6.07, 6.45) is 2.43. The second-order valence-corrected chi connectivity index (χ2v) is 3.44.